The van der Waals surface area contributed by atoms with Crippen molar-refractivity contribution in [2.45, 2.75) is 18.1 Å². The molecule has 0 aliphatic heterocycles. The number of hydrogen-bond acceptors (Lipinski definition) is 3. The monoisotopic (exact) mass is 344 g/mol. The lowest BCUT2D eigenvalue weighted by molar-refractivity contribution is 0.248. The molecule has 2 rings (SSSR count). The lowest BCUT2D eigenvalue weighted by Gasteiger charge is -2.17. The van der Waals surface area contributed by atoms with Gasteiger partial charge in [-0.2, -0.15) is 11.8 Å². The normalized spacial score (nSPS) is 11.8. The van der Waals surface area contributed by atoms with E-state index >= 15 is 0 Å². The standard InChI is InChI=1S/C19H24N2O2S/c1-24-14-15-7-9-18(10-8-15)21-19(23)20-13-17(11-12-22)16-5-3-2-4-6-16/h2-10,17,22H,11-14H2,1H3,(H2,20,21,23). The molecule has 0 fully saturated rings. The molecule has 1 unspecified atom stereocenters. The second-order valence-electron chi connectivity index (χ2n) is 5.58. The van der Waals surface area contributed by atoms with Gasteiger partial charge in [-0.1, -0.05) is 42.5 Å². The highest BCUT2D eigenvalue weighted by Crippen LogP contribution is 2.18. The van der Waals surface area contributed by atoms with E-state index < -0.39 is 0 Å². The summed E-state index contributed by atoms with van der Waals surface area (Å²) in [6, 6.07) is 17.6. The summed E-state index contributed by atoms with van der Waals surface area (Å²) >= 11 is 1.77. The first-order valence-electron chi connectivity index (χ1n) is 8.01. The van der Waals surface area contributed by atoms with Crippen LogP contribution >= 0.6 is 11.8 Å². The fourth-order valence-corrected chi connectivity index (χ4v) is 3.04. The molecule has 5 heteroatoms. The molecule has 0 radical (unpaired) electrons. The topological polar surface area (TPSA) is 61.4 Å². The van der Waals surface area contributed by atoms with E-state index in [0.717, 1.165) is 17.0 Å². The number of hydrogen-bond donors (Lipinski definition) is 3. The predicted molar refractivity (Wildman–Crippen MR) is 102 cm³/mol. The van der Waals surface area contributed by atoms with Crippen LogP contribution in [0.15, 0.2) is 54.6 Å². The van der Waals surface area contributed by atoms with Crippen LogP contribution in [0.3, 0.4) is 0 Å². The Morgan fingerprint density at radius 1 is 1.12 bits per heavy atom. The van der Waals surface area contributed by atoms with Gasteiger partial charge in [0.05, 0.1) is 0 Å². The molecule has 2 amide bonds. The number of carbonyl (C=O) groups is 1. The Bertz CT molecular complexity index is 617. The summed E-state index contributed by atoms with van der Waals surface area (Å²) in [5, 5.41) is 15.0. The average Bonchev–Trinajstić information content (AvgIpc) is 2.61. The largest absolute Gasteiger partial charge is 0.396 e. The zero-order valence-corrected chi connectivity index (χ0v) is 14.7. The molecule has 0 saturated heterocycles. The molecule has 3 N–H and O–H groups in total. The maximum Gasteiger partial charge on any atom is 0.319 e. The van der Waals surface area contributed by atoms with E-state index in [9.17, 15) is 9.90 Å². The van der Waals surface area contributed by atoms with Crippen LogP contribution in [0.25, 0.3) is 0 Å². The van der Waals surface area contributed by atoms with Crippen molar-refractivity contribution in [3.05, 3.63) is 65.7 Å². The summed E-state index contributed by atoms with van der Waals surface area (Å²) in [4.78, 5) is 12.1. The van der Waals surface area contributed by atoms with Crippen molar-refractivity contribution in [2.75, 3.05) is 24.7 Å². The van der Waals surface area contributed by atoms with Crippen LogP contribution in [0.1, 0.15) is 23.5 Å². The van der Waals surface area contributed by atoms with E-state index in [1.807, 2.05) is 54.6 Å². The minimum Gasteiger partial charge on any atom is -0.396 e. The number of carbonyl (C=O) groups excluding carboxylic acids is 1. The Hall–Kier alpha value is -1.98. The van der Waals surface area contributed by atoms with Crippen LogP contribution < -0.4 is 10.6 Å². The third-order valence-corrected chi connectivity index (χ3v) is 4.40. The Morgan fingerprint density at radius 3 is 2.46 bits per heavy atom. The SMILES string of the molecule is CSCc1ccc(NC(=O)NCC(CCO)c2ccccc2)cc1. The quantitative estimate of drug-likeness (QED) is 0.682. The second kappa shape index (κ2) is 10.0. The molecule has 0 aliphatic carbocycles. The molecule has 0 saturated carbocycles. The number of amides is 2. The fourth-order valence-electron chi connectivity index (χ4n) is 2.51. The van der Waals surface area contributed by atoms with Crippen LogP contribution in [-0.4, -0.2) is 30.5 Å². The lowest BCUT2D eigenvalue weighted by atomic mass is 9.96. The van der Waals surface area contributed by atoms with Gasteiger partial charge in [0.15, 0.2) is 0 Å². The minimum absolute atomic E-state index is 0.0970. The Kier molecular flexibility index (Phi) is 7.65. The van der Waals surface area contributed by atoms with E-state index in [2.05, 4.69) is 16.9 Å². The van der Waals surface area contributed by atoms with Gasteiger partial charge in [-0.25, -0.2) is 4.79 Å². The van der Waals surface area contributed by atoms with Gasteiger partial charge in [0, 0.05) is 30.5 Å². The summed E-state index contributed by atoms with van der Waals surface area (Å²) in [5.41, 5.74) is 3.13. The first kappa shape index (κ1) is 18.4. The maximum absolute atomic E-state index is 12.1. The molecule has 2 aromatic carbocycles. The van der Waals surface area contributed by atoms with Crippen molar-refractivity contribution in [1.29, 1.82) is 0 Å². The first-order chi connectivity index (χ1) is 11.7. The molecule has 0 spiro atoms. The highest BCUT2D eigenvalue weighted by molar-refractivity contribution is 7.97. The molecule has 0 aliphatic rings. The molecule has 0 bridgehead atoms. The van der Waals surface area contributed by atoms with Crippen molar-refractivity contribution in [2.24, 2.45) is 0 Å². The van der Waals surface area contributed by atoms with Crippen LogP contribution in [0.4, 0.5) is 10.5 Å². The van der Waals surface area contributed by atoms with Gasteiger partial charge < -0.3 is 15.7 Å². The van der Waals surface area contributed by atoms with E-state index in [0.29, 0.717) is 13.0 Å². The lowest BCUT2D eigenvalue weighted by Crippen LogP contribution is -2.32. The number of urea groups is 1. The molecule has 24 heavy (non-hydrogen) atoms. The zero-order chi connectivity index (χ0) is 17.2. The number of anilines is 1. The molecule has 2 aromatic rings. The highest BCUT2D eigenvalue weighted by atomic mass is 32.2. The molecular formula is C19H24N2O2S. The van der Waals surface area contributed by atoms with Crippen molar-refractivity contribution in [3.8, 4) is 0 Å². The molecule has 0 heterocycles. The van der Waals surface area contributed by atoms with E-state index in [1.165, 1.54) is 5.56 Å². The van der Waals surface area contributed by atoms with E-state index in [-0.39, 0.29) is 18.6 Å². The van der Waals surface area contributed by atoms with Gasteiger partial charge in [0.1, 0.15) is 0 Å². The summed E-state index contributed by atoms with van der Waals surface area (Å²) < 4.78 is 0. The van der Waals surface area contributed by atoms with Crippen LogP contribution in [0, 0.1) is 0 Å². The molecule has 0 aromatic heterocycles. The van der Waals surface area contributed by atoms with Crippen LogP contribution in [0.2, 0.25) is 0 Å². The third-order valence-electron chi connectivity index (χ3n) is 3.78. The van der Waals surface area contributed by atoms with Crippen LogP contribution in [0.5, 0.6) is 0 Å². The second-order valence-corrected chi connectivity index (χ2v) is 6.45. The fraction of sp³-hybridized carbons (Fsp3) is 0.316. The Morgan fingerprint density at radius 2 is 1.83 bits per heavy atom. The van der Waals surface area contributed by atoms with Crippen molar-refractivity contribution >= 4 is 23.5 Å². The van der Waals surface area contributed by atoms with Gasteiger partial charge in [-0.15, -0.1) is 0 Å². The Labute approximate surface area is 147 Å². The van der Waals surface area contributed by atoms with Crippen molar-refractivity contribution in [1.82, 2.24) is 5.32 Å². The van der Waals surface area contributed by atoms with Crippen molar-refractivity contribution < 1.29 is 9.90 Å². The van der Waals surface area contributed by atoms with Gasteiger partial charge in [-0.3, -0.25) is 0 Å². The first-order valence-corrected chi connectivity index (χ1v) is 9.41. The summed E-state index contributed by atoms with van der Waals surface area (Å²) in [6.07, 6.45) is 2.68. The molecule has 1 atom stereocenters. The smallest absolute Gasteiger partial charge is 0.319 e. The maximum atomic E-state index is 12.1. The van der Waals surface area contributed by atoms with Gasteiger partial charge in [0.25, 0.3) is 0 Å². The Balaban J connectivity index is 1.86. The molecule has 128 valence electrons. The van der Waals surface area contributed by atoms with Crippen LogP contribution in [-0.2, 0) is 5.75 Å². The summed E-state index contributed by atoms with van der Waals surface area (Å²) in [6.45, 7) is 0.584. The zero-order valence-electron chi connectivity index (χ0n) is 13.9. The number of benzene rings is 2. The van der Waals surface area contributed by atoms with Gasteiger partial charge in [0.2, 0.25) is 0 Å². The summed E-state index contributed by atoms with van der Waals surface area (Å²) in [5.74, 6) is 1.07. The molecular weight excluding hydrogens is 320 g/mol. The minimum atomic E-state index is -0.230. The number of nitrogens with one attached hydrogen (secondary N) is 2. The number of aliphatic hydroxyl groups excluding tert-OH is 1. The number of aliphatic hydroxyl groups is 1. The van der Waals surface area contributed by atoms with Gasteiger partial charge in [-0.05, 0) is 35.9 Å². The number of thioether (sulfide) groups is 1. The van der Waals surface area contributed by atoms with Gasteiger partial charge >= 0.3 is 6.03 Å². The predicted octanol–water partition coefficient (Wildman–Crippen LogP) is 3.84. The highest BCUT2D eigenvalue weighted by Gasteiger charge is 2.12. The average molecular weight is 344 g/mol. The van der Waals surface area contributed by atoms with E-state index in [4.69, 9.17) is 0 Å². The molecule has 4 nitrogen and oxygen atoms in total. The summed E-state index contributed by atoms with van der Waals surface area (Å²) in [7, 11) is 0. The van der Waals surface area contributed by atoms with E-state index in [1.54, 1.807) is 11.8 Å². The number of rotatable bonds is 8. The van der Waals surface area contributed by atoms with Crippen molar-refractivity contribution in [3.63, 3.8) is 0 Å². The third kappa shape index (κ3) is 5.91.